The lowest BCUT2D eigenvalue weighted by Crippen LogP contribution is -2.60. The third-order valence-corrected chi connectivity index (χ3v) is 6.89. The minimum absolute atomic E-state index is 0.144. The lowest BCUT2D eigenvalue weighted by Gasteiger charge is -2.43. The molecule has 0 aromatic heterocycles. The molecule has 0 spiro atoms. The fourth-order valence-electron chi connectivity index (χ4n) is 5.08. The number of carbonyl (C=O) groups excluding carboxylic acids is 1. The van der Waals surface area contributed by atoms with Crippen molar-refractivity contribution in [3.05, 3.63) is 34.9 Å². The van der Waals surface area contributed by atoms with E-state index in [1.54, 1.807) is 20.8 Å². The molecule has 2 aliphatic rings. The van der Waals surface area contributed by atoms with Crippen LogP contribution in [-0.4, -0.2) is 95.1 Å². The zero-order chi connectivity index (χ0) is 29.1. The number of phenolic OH excluding ortho intramolecular Hbond substituents is 1. The molecule has 1 saturated heterocycles. The van der Waals surface area contributed by atoms with Gasteiger partial charge in [0.1, 0.15) is 31.0 Å². The molecule has 1 aliphatic heterocycles. The summed E-state index contributed by atoms with van der Waals surface area (Å²) in [4.78, 5) is 24.0. The Morgan fingerprint density at radius 3 is 2.23 bits per heavy atom. The van der Waals surface area contributed by atoms with Gasteiger partial charge in [-0.1, -0.05) is 19.4 Å². The summed E-state index contributed by atoms with van der Waals surface area (Å²) >= 11 is 0. The molecule has 39 heavy (non-hydrogen) atoms. The molecule has 12 heteroatoms. The van der Waals surface area contributed by atoms with Crippen LogP contribution in [0.15, 0.2) is 29.4 Å². The Balaban J connectivity index is 1.64. The number of esters is 1. The van der Waals surface area contributed by atoms with Gasteiger partial charge in [0.2, 0.25) is 5.75 Å². The smallest absolute Gasteiger partial charge is 0.332 e. The van der Waals surface area contributed by atoms with Crippen molar-refractivity contribution >= 4 is 18.0 Å². The van der Waals surface area contributed by atoms with Gasteiger partial charge >= 0.3 is 11.9 Å². The van der Waals surface area contributed by atoms with E-state index < -0.39 is 60.8 Å². The van der Waals surface area contributed by atoms with Gasteiger partial charge < -0.3 is 49.2 Å². The van der Waals surface area contributed by atoms with Crippen molar-refractivity contribution in [3.63, 3.8) is 0 Å². The molecule has 216 valence electrons. The summed E-state index contributed by atoms with van der Waals surface area (Å²) < 4.78 is 26.9. The van der Waals surface area contributed by atoms with Crippen LogP contribution in [0.1, 0.15) is 39.2 Å². The number of methoxy groups -OCH3 is 2. The predicted molar refractivity (Wildman–Crippen MR) is 136 cm³/mol. The molecular weight excluding hydrogens is 516 g/mol. The molecule has 1 aromatic rings. The van der Waals surface area contributed by atoms with Gasteiger partial charge in [-0.15, -0.1) is 0 Å². The number of hydrogen-bond acceptors (Lipinski definition) is 11. The van der Waals surface area contributed by atoms with Gasteiger partial charge in [0.15, 0.2) is 17.8 Å². The lowest BCUT2D eigenvalue weighted by atomic mass is 9.71. The summed E-state index contributed by atoms with van der Waals surface area (Å²) in [6.45, 7) is 4.82. The highest BCUT2D eigenvalue weighted by molar-refractivity contribution is 5.89. The van der Waals surface area contributed by atoms with Crippen LogP contribution in [0.25, 0.3) is 6.08 Å². The Kier molecular flexibility index (Phi) is 9.62. The molecule has 12 nitrogen and oxygen atoms in total. The van der Waals surface area contributed by atoms with Crippen LogP contribution in [-0.2, 0) is 23.8 Å². The topological polar surface area (TPSA) is 181 Å². The second-order valence-electron chi connectivity index (χ2n) is 10.3. The second-order valence-corrected chi connectivity index (χ2v) is 10.3. The van der Waals surface area contributed by atoms with Gasteiger partial charge in [0.05, 0.1) is 20.3 Å². The van der Waals surface area contributed by atoms with Gasteiger partial charge in [-0.3, -0.25) is 0 Å². The van der Waals surface area contributed by atoms with Gasteiger partial charge in [-0.2, -0.15) is 0 Å². The number of aromatic hydroxyl groups is 1. The number of ether oxygens (including phenoxy) is 5. The second kappa shape index (κ2) is 12.3. The molecule has 0 bridgehead atoms. The monoisotopic (exact) mass is 552 g/mol. The quantitative estimate of drug-likeness (QED) is 0.220. The van der Waals surface area contributed by atoms with E-state index in [0.717, 1.165) is 6.08 Å². The largest absolute Gasteiger partial charge is 0.502 e. The molecule has 5 N–H and O–H groups in total. The van der Waals surface area contributed by atoms with Gasteiger partial charge in [0.25, 0.3) is 0 Å². The molecule has 0 amide bonds. The fraction of sp³-hybridized carbons (Fsp3) is 0.556. The molecule has 1 aromatic carbocycles. The van der Waals surface area contributed by atoms with E-state index in [-0.39, 0.29) is 23.7 Å². The minimum Gasteiger partial charge on any atom is -0.502 e. The number of carboxylic acids is 1. The maximum Gasteiger partial charge on any atom is 0.332 e. The first-order valence-corrected chi connectivity index (χ1v) is 12.4. The molecule has 0 unspecified atom stereocenters. The highest BCUT2D eigenvalue weighted by atomic mass is 16.7. The average molecular weight is 553 g/mol. The molecule has 6 atom stereocenters. The zero-order valence-corrected chi connectivity index (χ0v) is 22.5. The van der Waals surface area contributed by atoms with E-state index in [4.69, 9.17) is 23.7 Å². The van der Waals surface area contributed by atoms with Crippen molar-refractivity contribution < 1.29 is 58.8 Å². The van der Waals surface area contributed by atoms with Gasteiger partial charge in [-0.05, 0) is 49.0 Å². The summed E-state index contributed by atoms with van der Waals surface area (Å²) in [5.74, 6) is -1.68. The van der Waals surface area contributed by atoms with Crippen LogP contribution in [0.4, 0.5) is 0 Å². The van der Waals surface area contributed by atoms with E-state index in [1.165, 1.54) is 32.4 Å². The van der Waals surface area contributed by atoms with Crippen molar-refractivity contribution in [2.75, 3.05) is 20.8 Å². The summed E-state index contributed by atoms with van der Waals surface area (Å²) in [5.41, 5.74) is 0.717. The minimum atomic E-state index is -1.64. The Bertz CT molecular complexity index is 1100. The number of rotatable bonds is 9. The first-order chi connectivity index (χ1) is 18.3. The Labute approximate surface area is 226 Å². The van der Waals surface area contributed by atoms with Crippen molar-refractivity contribution in [1.29, 1.82) is 0 Å². The van der Waals surface area contributed by atoms with Crippen molar-refractivity contribution in [1.82, 2.24) is 0 Å². The van der Waals surface area contributed by atoms with Crippen LogP contribution in [0, 0.1) is 5.41 Å². The summed E-state index contributed by atoms with van der Waals surface area (Å²) in [7, 11) is 2.74. The van der Waals surface area contributed by atoms with Crippen molar-refractivity contribution in [3.8, 4) is 17.2 Å². The van der Waals surface area contributed by atoms with Crippen LogP contribution in [0.5, 0.6) is 17.2 Å². The first-order valence-electron chi connectivity index (χ1n) is 12.4. The number of aliphatic hydroxyl groups excluding tert-OH is 3. The highest BCUT2D eigenvalue weighted by Gasteiger charge is 2.47. The standard InChI is InChI=1S/C27H36O12/c1-13-8-15(11-27(2,3)20(13)25(33)34)38-26-24(32)23(31)22(30)18(39-26)12-37-19(28)7-6-14-9-16(35-4)21(29)17(10-14)36-5/h6-7,9-10,15,18,22-24,26,29-32H,8,11-12H2,1-5H3,(H,33,34)/b7-6+/t15-,18-,22-,23+,24-,26-/m1/s1. The number of aliphatic carboxylic acids is 1. The predicted octanol–water partition coefficient (Wildman–Crippen LogP) is 1.38. The van der Waals surface area contributed by atoms with Gasteiger partial charge in [-0.25, -0.2) is 9.59 Å². The number of carboxylic acid groups (broad SMARTS) is 1. The Morgan fingerprint density at radius 1 is 1.08 bits per heavy atom. The SMILES string of the molecule is COc1cc(/C=C/C(=O)OC[C@H]2O[C@@H](O[C@@H]3CC(C)=C(C(=O)O)C(C)(C)C3)[C@H](O)[C@@H](O)[C@@H]2O)cc(OC)c1O. The molecule has 1 aliphatic carbocycles. The number of aliphatic hydroxyl groups is 3. The first kappa shape index (κ1) is 30.4. The summed E-state index contributed by atoms with van der Waals surface area (Å²) in [6.07, 6.45) is -4.73. The molecule has 3 rings (SSSR count). The number of benzene rings is 1. The molecule has 0 radical (unpaired) electrons. The molecule has 0 saturated carbocycles. The van der Waals surface area contributed by atoms with Crippen molar-refractivity contribution in [2.45, 2.75) is 70.4 Å². The number of hydrogen-bond donors (Lipinski definition) is 5. The van der Waals surface area contributed by atoms with E-state index in [2.05, 4.69) is 0 Å². The third kappa shape index (κ3) is 6.89. The van der Waals surface area contributed by atoms with Crippen LogP contribution < -0.4 is 9.47 Å². The van der Waals surface area contributed by atoms with E-state index in [0.29, 0.717) is 23.1 Å². The summed E-state index contributed by atoms with van der Waals surface area (Å²) in [5, 5.41) is 50.8. The zero-order valence-electron chi connectivity index (χ0n) is 22.5. The van der Waals surface area contributed by atoms with Crippen LogP contribution in [0.3, 0.4) is 0 Å². The maximum absolute atomic E-state index is 12.3. The Hall–Kier alpha value is -3.16. The number of phenols is 1. The van der Waals surface area contributed by atoms with Crippen molar-refractivity contribution in [2.24, 2.45) is 5.41 Å². The number of carbonyl (C=O) groups is 2. The fourth-order valence-corrected chi connectivity index (χ4v) is 5.08. The van der Waals surface area contributed by atoms with E-state index in [9.17, 15) is 35.1 Å². The molecule has 1 heterocycles. The van der Waals surface area contributed by atoms with E-state index >= 15 is 0 Å². The maximum atomic E-state index is 12.3. The lowest BCUT2D eigenvalue weighted by molar-refractivity contribution is -0.313. The normalized spacial score (nSPS) is 28.8. The molecule has 1 fully saturated rings. The summed E-state index contributed by atoms with van der Waals surface area (Å²) in [6, 6.07) is 2.97. The van der Waals surface area contributed by atoms with Crippen LogP contribution in [0.2, 0.25) is 0 Å². The van der Waals surface area contributed by atoms with Gasteiger partial charge in [0, 0.05) is 11.6 Å². The van der Waals surface area contributed by atoms with E-state index in [1.807, 2.05) is 0 Å². The highest BCUT2D eigenvalue weighted by Crippen LogP contribution is 2.42. The van der Waals surface area contributed by atoms with Crippen LogP contribution >= 0.6 is 0 Å². The third-order valence-electron chi connectivity index (χ3n) is 6.89. The Morgan fingerprint density at radius 2 is 1.69 bits per heavy atom. The average Bonchev–Trinajstić information content (AvgIpc) is 2.86. The molecular formula is C27H36O12.